The molecule has 0 radical (unpaired) electrons. The second kappa shape index (κ2) is 14.6. The molecular formula is C34H47N3O6. The fourth-order valence-corrected chi connectivity index (χ4v) is 6.44. The van der Waals surface area contributed by atoms with Crippen molar-refractivity contribution in [2.45, 2.75) is 96.7 Å². The van der Waals surface area contributed by atoms with Crippen molar-refractivity contribution in [1.29, 1.82) is 0 Å². The summed E-state index contributed by atoms with van der Waals surface area (Å²) in [6.07, 6.45) is 8.40. The first-order valence-electron chi connectivity index (χ1n) is 15.5. The highest BCUT2D eigenvalue weighted by Gasteiger charge is 2.30. The van der Waals surface area contributed by atoms with Crippen LogP contribution in [-0.4, -0.2) is 45.2 Å². The number of carbonyl (C=O) groups is 2. The maximum atomic E-state index is 13.8. The average molecular weight is 594 g/mol. The molecule has 234 valence electrons. The third kappa shape index (κ3) is 7.61. The van der Waals surface area contributed by atoms with Gasteiger partial charge in [-0.05, 0) is 72.9 Å². The molecule has 0 unspecified atom stereocenters. The number of methoxy groups -OCH3 is 3. The molecular weight excluding hydrogens is 546 g/mol. The minimum atomic E-state index is -0.560. The Morgan fingerprint density at radius 2 is 1.60 bits per heavy atom. The zero-order valence-electron chi connectivity index (χ0n) is 26.4. The van der Waals surface area contributed by atoms with Gasteiger partial charge in [0, 0.05) is 18.5 Å². The van der Waals surface area contributed by atoms with E-state index in [4.69, 9.17) is 14.2 Å². The van der Waals surface area contributed by atoms with E-state index in [1.54, 1.807) is 33.5 Å². The molecule has 2 atom stereocenters. The van der Waals surface area contributed by atoms with Gasteiger partial charge >= 0.3 is 0 Å². The number of carbonyl (C=O) groups excluding carboxylic acids is 2. The molecule has 1 fully saturated rings. The summed E-state index contributed by atoms with van der Waals surface area (Å²) in [6.45, 7) is 5.62. The Bertz CT molecular complexity index is 1370. The van der Waals surface area contributed by atoms with E-state index < -0.39 is 12.1 Å². The van der Waals surface area contributed by atoms with E-state index in [0.29, 0.717) is 47.8 Å². The Hall–Kier alpha value is -3.75. The number of rotatable bonds is 10. The van der Waals surface area contributed by atoms with Crippen molar-refractivity contribution in [3.05, 3.63) is 45.6 Å². The molecule has 43 heavy (non-hydrogen) atoms. The van der Waals surface area contributed by atoms with Crippen molar-refractivity contribution >= 4 is 17.5 Å². The summed E-state index contributed by atoms with van der Waals surface area (Å²) >= 11 is 0. The van der Waals surface area contributed by atoms with Crippen LogP contribution in [0.5, 0.6) is 17.2 Å². The third-order valence-corrected chi connectivity index (χ3v) is 8.47. The number of aryl methyl sites for hydroxylation is 1. The lowest BCUT2D eigenvalue weighted by Crippen LogP contribution is -2.45. The van der Waals surface area contributed by atoms with Crippen molar-refractivity contribution in [2.75, 3.05) is 26.6 Å². The standard InChI is InChI=1S/C34H47N3O6/c1-20(2)17-28(34(40)36-23-11-9-7-8-10-12-23)37-27-16-14-24-25(19-29(27)39)26(35-21(3)38)15-13-22-18-30(41-4)32(42-5)33(43-6)31(22)24/h14,16,18-20,23,26,28H,7-13,15,17H2,1-6H3,(H,35,38)(H,36,40)(H,37,39)/t26-,28-/m0/s1. The molecule has 0 heterocycles. The van der Waals surface area contributed by atoms with E-state index in [0.717, 1.165) is 42.4 Å². The van der Waals surface area contributed by atoms with Gasteiger partial charge in [-0.2, -0.15) is 0 Å². The van der Waals surface area contributed by atoms with Crippen LogP contribution >= 0.6 is 0 Å². The van der Waals surface area contributed by atoms with Gasteiger partial charge in [0.15, 0.2) is 11.5 Å². The molecule has 0 saturated heterocycles. The molecule has 2 aromatic carbocycles. The van der Waals surface area contributed by atoms with Crippen LogP contribution in [0.1, 0.15) is 89.3 Å². The van der Waals surface area contributed by atoms with Crippen LogP contribution in [0.3, 0.4) is 0 Å². The van der Waals surface area contributed by atoms with Crippen LogP contribution in [0, 0.1) is 5.92 Å². The Labute approximate surface area is 255 Å². The summed E-state index contributed by atoms with van der Waals surface area (Å²) in [5.41, 5.74) is 3.25. The monoisotopic (exact) mass is 593 g/mol. The predicted molar refractivity (Wildman–Crippen MR) is 169 cm³/mol. The molecule has 2 aliphatic rings. The fourth-order valence-electron chi connectivity index (χ4n) is 6.44. The maximum Gasteiger partial charge on any atom is 0.242 e. The van der Waals surface area contributed by atoms with E-state index in [1.165, 1.54) is 19.8 Å². The molecule has 0 spiro atoms. The van der Waals surface area contributed by atoms with Gasteiger partial charge in [0.25, 0.3) is 0 Å². The van der Waals surface area contributed by atoms with E-state index in [-0.39, 0.29) is 29.2 Å². The minimum absolute atomic E-state index is 0.0759. The first-order chi connectivity index (χ1) is 20.7. The van der Waals surface area contributed by atoms with Gasteiger partial charge < -0.3 is 30.2 Å². The molecule has 2 aliphatic carbocycles. The quantitative estimate of drug-likeness (QED) is 0.311. The molecule has 2 amide bonds. The van der Waals surface area contributed by atoms with Crippen molar-refractivity contribution in [2.24, 2.45) is 5.92 Å². The van der Waals surface area contributed by atoms with Gasteiger partial charge in [0.1, 0.15) is 6.04 Å². The van der Waals surface area contributed by atoms with Crippen molar-refractivity contribution in [1.82, 2.24) is 10.6 Å². The van der Waals surface area contributed by atoms with Gasteiger partial charge in [0.05, 0.1) is 33.1 Å². The number of anilines is 1. The summed E-state index contributed by atoms with van der Waals surface area (Å²) in [6, 6.07) is 6.33. The Morgan fingerprint density at radius 1 is 0.907 bits per heavy atom. The lowest BCUT2D eigenvalue weighted by molar-refractivity contribution is -0.123. The van der Waals surface area contributed by atoms with E-state index in [9.17, 15) is 14.4 Å². The summed E-state index contributed by atoms with van der Waals surface area (Å²) in [5, 5.41) is 9.60. The van der Waals surface area contributed by atoms with Gasteiger partial charge in [-0.25, -0.2) is 0 Å². The second-order valence-corrected chi connectivity index (χ2v) is 12.1. The first kappa shape index (κ1) is 32.2. The smallest absolute Gasteiger partial charge is 0.242 e. The molecule has 0 bridgehead atoms. The highest BCUT2D eigenvalue weighted by atomic mass is 16.5. The Kier molecular flexibility index (Phi) is 10.9. The molecule has 4 rings (SSSR count). The Balaban J connectivity index is 1.81. The van der Waals surface area contributed by atoms with E-state index >= 15 is 0 Å². The van der Waals surface area contributed by atoms with Crippen LogP contribution < -0.4 is 35.6 Å². The molecule has 1 saturated carbocycles. The Morgan fingerprint density at radius 3 is 2.21 bits per heavy atom. The van der Waals surface area contributed by atoms with E-state index in [1.807, 2.05) is 12.1 Å². The number of benzene rings is 1. The van der Waals surface area contributed by atoms with Crippen molar-refractivity contribution in [3.8, 4) is 28.4 Å². The van der Waals surface area contributed by atoms with Crippen LogP contribution in [0.4, 0.5) is 5.69 Å². The summed E-state index contributed by atoms with van der Waals surface area (Å²) < 4.78 is 17.2. The van der Waals surface area contributed by atoms with Crippen LogP contribution in [0.15, 0.2) is 29.1 Å². The highest BCUT2D eigenvalue weighted by molar-refractivity contribution is 5.86. The second-order valence-electron chi connectivity index (χ2n) is 12.1. The van der Waals surface area contributed by atoms with E-state index in [2.05, 4.69) is 29.8 Å². The third-order valence-electron chi connectivity index (χ3n) is 8.47. The number of amides is 2. The minimum Gasteiger partial charge on any atom is -0.493 e. The van der Waals surface area contributed by atoms with Crippen molar-refractivity contribution in [3.63, 3.8) is 0 Å². The summed E-state index contributed by atoms with van der Waals surface area (Å²) in [5.74, 6) is 1.47. The molecule has 2 aromatic rings. The predicted octanol–water partition coefficient (Wildman–Crippen LogP) is 5.53. The van der Waals surface area contributed by atoms with Crippen LogP contribution in [0.2, 0.25) is 0 Å². The van der Waals surface area contributed by atoms with Gasteiger partial charge in [-0.15, -0.1) is 0 Å². The number of fused-ring (bicyclic) bond motifs is 3. The van der Waals surface area contributed by atoms with Gasteiger partial charge in [0.2, 0.25) is 23.0 Å². The summed E-state index contributed by atoms with van der Waals surface area (Å²) in [7, 11) is 4.71. The normalized spacial score (nSPS) is 17.4. The largest absolute Gasteiger partial charge is 0.493 e. The number of hydrogen-bond donors (Lipinski definition) is 3. The lowest BCUT2D eigenvalue weighted by atomic mass is 9.95. The summed E-state index contributed by atoms with van der Waals surface area (Å²) in [4.78, 5) is 39.6. The topological polar surface area (TPSA) is 115 Å². The fraction of sp³-hybridized carbons (Fsp3) is 0.559. The lowest BCUT2D eigenvalue weighted by Gasteiger charge is -2.24. The van der Waals surface area contributed by atoms with Gasteiger partial charge in [-0.1, -0.05) is 45.6 Å². The molecule has 9 nitrogen and oxygen atoms in total. The molecule has 0 aliphatic heterocycles. The highest BCUT2D eigenvalue weighted by Crippen LogP contribution is 2.50. The van der Waals surface area contributed by atoms with Gasteiger partial charge in [-0.3, -0.25) is 14.4 Å². The number of hydrogen-bond acceptors (Lipinski definition) is 7. The van der Waals surface area contributed by atoms with Crippen molar-refractivity contribution < 1.29 is 23.8 Å². The number of ether oxygens (including phenoxy) is 3. The SMILES string of the molecule is COc1cc2c(c(OC)c1OC)-c1ccc(N[C@@H](CC(C)C)C(=O)NC3CCCCCC3)c(=O)cc1[C@@H](NC(C)=O)CC2. The zero-order valence-corrected chi connectivity index (χ0v) is 26.4. The molecule has 0 aromatic heterocycles. The molecule has 3 N–H and O–H groups in total. The maximum absolute atomic E-state index is 13.8. The number of nitrogens with one attached hydrogen (secondary N) is 3. The average Bonchev–Trinajstić information content (AvgIpc) is 3.37. The first-order valence-corrected chi connectivity index (χ1v) is 15.5. The van der Waals surface area contributed by atoms with Crippen LogP contribution in [-0.2, 0) is 16.0 Å². The van der Waals surface area contributed by atoms with Crippen LogP contribution in [0.25, 0.3) is 11.1 Å². The molecule has 9 heteroatoms. The zero-order chi connectivity index (χ0) is 31.1.